The van der Waals surface area contributed by atoms with Gasteiger partial charge in [0, 0.05) is 11.0 Å². The Morgan fingerprint density at radius 2 is 1.77 bits per heavy atom. The van der Waals surface area contributed by atoms with Gasteiger partial charge < -0.3 is 4.74 Å². The van der Waals surface area contributed by atoms with E-state index in [-0.39, 0.29) is 12.0 Å². The van der Waals surface area contributed by atoms with Gasteiger partial charge in [0.05, 0.1) is 18.8 Å². The average molecular weight is 415 g/mol. The van der Waals surface area contributed by atoms with Crippen LogP contribution in [0.2, 0.25) is 0 Å². The van der Waals surface area contributed by atoms with E-state index in [4.69, 9.17) is 4.74 Å². The topological polar surface area (TPSA) is 50.8 Å². The Hall–Kier alpha value is -2.67. The van der Waals surface area contributed by atoms with Gasteiger partial charge in [-0.15, -0.1) is 0 Å². The second-order valence-electron chi connectivity index (χ2n) is 7.95. The van der Waals surface area contributed by atoms with Crippen LogP contribution in [0.3, 0.4) is 0 Å². The van der Waals surface area contributed by atoms with Crippen molar-refractivity contribution in [2.24, 2.45) is 0 Å². The molecule has 0 saturated heterocycles. The summed E-state index contributed by atoms with van der Waals surface area (Å²) in [5.74, 6) is 0.301. The summed E-state index contributed by atoms with van der Waals surface area (Å²) in [4.78, 5) is 3.98. The molecule has 1 N–H and O–H groups in total. The standard InChI is InChI=1S/C23H24F3N3O/c24-23(25,26)20-12-17(11-18(13-20)21-27-16-28-29-21)14-30-15-22(9-5-2-6-10-22)19-7-3-1-4-8-19/h1,3-4,7-8,11-13,16H,2,5-6,9-10,14-15H2,(H,27,28,29). The molecule has 0 unspecified atom stereocenters. The predicted octanol–water partition coefficient (Wildman–Crippen LogP) is 5.91. The van der Waals surface area contributed by atoms with Crippen molar-refractivity contribution in [3.8, 4) is 11.4 Å². The van der Waals surface area contributed by atoms with E-state index in [1.54, 1.807) is 6.07 Å². The molecule has 1 fully saturated rings. The van der Waals surface area contributed by atoms with E-state index in [1.807, 2.05) is 18.2 Å². The number of rotatable bonds is 6. The van der Waals surface area contributed by atoms with Gasteiger partial charge in [-0.3, -0.25) is 5.10 Å². The molecule has 3 aromatic rings. The van der Waals surface area contributed by atoms with E-state index in [1.165, 1.54) is 18.3 Å². The van der Waals surface area contributed by atoms with Crippen LogP contribution >= 0.6 is 0 Å². The average Bonchev–Trinajstić information content (AvgIpc) is 3.29. The maximum Gasteiger partial charge on any atom is 0.416 e. The van der Waals surface area contributed by atoms with Crippen molar-refractivity contribution in [1.82, 2.24) is 15.2 Å². The molecule has 0 aliphatic heterocycles. The van der Waals surface area contributed by atoms with Gasteiger partial charge in [0.1, 0.15) is 6.33 Å². The first-order valence-corrected chi connectivity index (χ1v) is 10.2. The summed E-state index contributed by atoms with van der Waals surface area (Å²) in [6.45, 7) is 0.602. The lowest BCUT2D eigenvalue weighted by molar-refractivity contribution is -0.137. The highest BCUT2D eigenvalue weighted by Crippen LogP contribution is 2.40. The molecule has 1 aliphatic rings. The summed E-state index contributed by atoms with van der Waals surface area (Å²) < 4.78 is 46.2. The number of nitrogens with one attached hydrogen (secondary N) is 1. The van der Waals surface area contributed by atoms with Crippen molar-refractivity contribution in [3.63, 3.8) is 0 Å². The van der Waals surface area contributed by atoms with Crippen molar-refractivity contribution in [2.45, 2.75) is 50.3 Å². The Bertz CT molecular complexity index is 950. The lowest BCUT2D eigenvalue weighted by atomic mass is 9.70. The molecule has 0 bridgehead atoms. The zero-order valence-electron chi connectivity index (χ0n) is 16.6. The van der Waals surface area contributed by atoms with Crippen LogP contribution in [-0.4, -0.2) is 21.8 Å². The summed E-state index contributed by atoms with van der Waals surface area (Å²) in [7, 11) is 0. The van der Waals surface area contributed by atoms with Crippen molar-refractivity contribution in [1.29, 1.82) is 0 Å². The molecule has 0 atom stereocenters. The van der Waals surface area contributed by atoms with Gasteiger partial charge in [0.15, 0.2) is 5.82 Å². The van der Waals surface area contributed by atoms with Crippen LogP contribution in [0.15, 0.2) is 54.9 Å². The quantitative estimate of drug-likeness (QED) is 0.545. The molecule has 1 heterocycles. The van der Waals surface area contributed by atoms with E-state index in [9.17, 15) is 13.2 Å². The van der Waals surface area contributed by atoms with Crippen molar-refractivity contribution >= 4 is 0 Å². The highest BCUT2D eigenvalue weighted by Gasteiger charge is 2.34. The minimum Gasteiger partial charge on any atom is -0.376 e. The molecule has 1 aliphatic carbocycles. The first-order valence-electron chi connectivity index (χ1n) is 10.2. The fourth-order valence-electron chi connectivity index (χ4n) is 4.32. The molecular formula is C23H24F3N3O. The molecule has 30 heavy (non-hydrogen) atoms. The van der Waals surface area contributed by atoms with Crippen LogP contribution in [0, 0.1) is 0 Å². The third kappa shape index (κ3) is 4.56. The maximum atomic E-state index is 13.4. The molecule has 0 amide bonds. The summed E-state index contributed by atoms with van der Waals surface area (Å²) >= 11 is 0. The zero-order chi connectivity index (χ0) is 21.0. The van der Waals surface area contributed by atoms with Crippen LogP contribution in [0.1, 0.15) is 48.8 Å². The summed E-state index contributed by atoms with van der Waals surface area (Å²) in [6, 6.07) is 14.2. The monoisotopic (exact) mass is 415 g/mol. The normalized spacial score (nSPS) is 16.5. The minimum atomic E-state index is -4.45. The van der Waals surface area contributed by atoms with Crippen molar-refractivity contribution in [2.75, 3.05) is 6.61 Å². The van der Waals surface area contributed by atoms with Gasteiger partial charge in [-0.2, -0.15) is 18.3 Å². The Morgan fingerprint density at radius 3 is 2.43 bits per heavy atom. The summed E-state index contributed by atoms with van der Waals surface area (Å²) in [6.07, 6.45) is 2.38. The third-order valence-electron chi connectivity index (χ3n) is 5.85. The van der Waals surface area contributed by atoms with Gasteiger partial charge in [0.2, 0.25) is 0 Å². The number of aromatic nitrogens is 3. The highest BCUT2D eigenvalue weighted by atomic mass is 19.4. The molecule has 7 heteroatoms. The van der Waals surface area contributed by atoms with Gasteiger partial charge in [-0.25, -0.2) is 4.98 Å². The number of hydrogen-bond acceptors (Lipinski definition) is 3. The van der Waals surface area contributed by atoms with Crippen LogP contribution < -0.4 is 0 Å². The van der Waals surface area contributed by atoms with Crippen molar-refractivity contribution in [3.05, 3.63) is 71.5 Å². The van der Waals surface area contributed by atoms with Gasteiger partial charge >= 0.3 is 6.18 Å². The Balaban J connectivity index is 1.54. The maximum absolute atomic E-state index is 13.4. The number of hydrogen-bond donors (Lipinski definition) is 1. The second kappa shape index (κ2) is 8.60. The largest absolute Gasteiger partial charge is 0.416 e. The summed E-state index contributed by atoms with van der Waals surface area (Å²) in [5.41, 5.74) is 1.27. The van der Waals surface area contributed by atoms with E-state index < -0.39 is 11.7 Å². The van der Waals surface area contributed by atoms with Gasteiger partial charge in [-0.1, -0.05) is 49.6 Å². The number of benzene rings is 2. The van der Waals surface area contributed by atoms with Crippen LogP contribution in [0.5, 0.6) is 0 Å². The number of aromatic amines is 1. The van der Waals surface area contributed by atoms with Gasteiger partial charge in [0.25, 0.3) is 0 Å². The van der Waals surface area contributed by atoms with Crippen molar-refractivity contribution < 1.29 is 17.9 Å². The lowest BCUT2D eigenvalue weighted by Crippen LogP contribution is -2.34. The first-order chi connectivity index (χ1) is 14.5. The fraction of sp³-hybridized carbons (Fsp3) is 0.391. The third-order valence-corrected chi connectivity index (χ3v) is 5.85. The van der Waals surface area contributed by atoms with E-state index in [2.05, 4.69) is 27.3 Å². The van der Waals surface area contributed by atoms with Gasteiger partial charge in [-0.05, 0) is 42.2 Å². The Kier molecular flexibility index (Phi) is 5.90. The zero-order valence-corrected chi connectivity index (χ0v) is 16.6. The second-order valence-corrected chi connectivity index (χ2v) is 7.95. The summed E-state index contributed by atoms with van der Waals surface area (Å²) in [5, 5.41) is 6.36. The molecule has 1 saturated carbocycles. The van der Waals surface area contributed by atoms with E-state index in [0.717, 1.165) is 37.8 Å². The molecule has 4 rings (SSSR count). The molecule has 158 valence electrons. The first kappa shape index (κ1) is 20.6. The smallest absolute Gasteiger partial charge is 0.376 e. The predicted molar refractivity (Wildman–Crippen MR) is 108 cm³/mol. The molecule has 2 aromatic carbocycles. The lowest BCUT2D eigenvalue weighted by Gasteiger charge is -2.37. The van der Waals surface area contributed by atoms with Crippen LogP contribution in [-0.2, 0) is 22.9 Å². The molecule has 4 nitrogen and oxygen atoms in total. The number of H-pyrrole nitrogens is 1. The molecule has 1 aromatic heterocycles. The van der Waals surface area contributed by atoms with Crippen LogP contribution in [0.25, 0.3) is 11.4 Å². The fourth-order valence-corrected chi connectivity index (χ4v) is 4.32. The van der Waals surface area contributed by atoms with E-state index >= 15 is 0 Å². The SMILES string of the molecule is FC(F)(F)c1cc(COCC2(c3ccccc3)CCCCC2)cc(-c2ncn[nH]2)c1. The minimum absolute atomic E-state index is 0.0745. The van der Waals surface area contributed by atoms with E-state index in [0.29, 0.717) is 23.6 Å². The Morgan fingerprint density at radius 1 is 1.00 bits per heavy atom. The molecular weight excluding hydrogens is 391 g/mol. The highest BCUT2D eigenvalue weighted by molar-refractivity contribution is 5.57. The molecule has 0 spiro atoms. The molecule has 0 radical (unpaired) electrons. The van der Waals surface area contributed by atoms with Crippen LogP contribution in [0.4, 0.5) is 13.2 Å². The number of alkyl halides is 3. The number of nitrogens with zero attached hydrogens (tertiary/aromatic N) is 2. The Labute approximate surface area is 173 Å². The number of halogens is 3. The number of ether oxygens (including phenoxy) is 1.